The molecule has 1 aromatic rings. The Morgan fingerprint density at radius 3 is 3.00 bits per heavy atom. The van der Waals surface area contributed by atoms with Crippen LogP contribution in [0.25, 0.3) is 0 Å². The molecule has 0 aliphatic rings. The maximum atomic E-state index is 8.96. The number of nitrogens with zero attached hydrogens (tertiary/aromatic N) is 3. The molecular formula is C8H16N4O2. The fourth-order valence-electron chi connectivity index (χ4n) is 1.10. The summed E-state index contributed by atoms with van der Waals surface area (Å²) in [5, 5.41) is 19.8. The molecule has 6 heteroatoms. The van der Waals surface area contributed by atoms with Gasteiger partial charge in [-0.25, -0.2) is 0 Å². The predicted octanol–water partition coefficient (Wildman–Crippen LogP) is -1.09. The number of nitrogens with one attached hydrogen (secondary N) is 1. The Morgan fingerprint density at radius 1 is 1.71 bits per heavy atom. The van der Waals surface area contributed by atoms with Gasteiger partial charge in [0.15, 0.2) is 0 Å². The fraction of sp³-hybridized carbons (Fsp3) is 0.750. The summed E-state index contributed by atoms with van der Waals surface area (Å²) in [6.45, 7) is 1.12. The van der Waals surface area contributed by atoms with Crippen LogP contribution in [0, 0.1) is 0 Å². The maximum absolute atomic E-state index is 8.96. The molecule has 0 spiro atoms. The Morgan fingerprint density at radius 2 is 2.50 bits per heavy atom. The van der Waals surface area contributed by atoms with Gasteiger partial charge in [0.25, 0.3) is 0 Å². The fourth-order valence-corrected chi connectivity index (χ4v) is 1.10. The summed E-state index contributed by atoms with van der Waals surface area (Å²) in [7, 11) is 3.42. The van der Waals surface area contributed by atoms with Gasteiger partial charge in [0, 0.05) is 26.9 Å². The molecule has 0 aliphatic heterocycles. The van der Waals surface area contributed by atoms with E-state index in [0.29, 0.717) is 13.2 Å². The highest BCUT2D eigenvalue weighted by atomic mass is 16.5. The summed E-state index contributed by atoms with van der Waals surface area (Å²) in [6.07, 6.45) is 1.83. The van der Waals surface area contributed by atoms with E-state index in [-0.39, 0.29) is 12.6 Å². The van der Waals surface area contributed by atoms with E-state index in [4.69, 9.17) is 9.84 Å². The first-order valence-electron chi connectivity index (χ1n) is 4.44. The largest absolute Gasteiger partial charge is 0.395 e. The second-order valence-electron chi connectivity index (χ2n) is 3.10. The second-order valence-corrected chi connectivity index (χ2v) is 3.10. The Kier molecular flexibility index (Phi) is 4.51. The average molecular weight is 200 g/mol. The maximum Gasteiger partial charge on any atom is 0.0964 e. The lowest BCUT2D eigenvalue weighted by Crippen LogP contribution is -2.36. The van der Waals surface area contributed by atoms with E-state index in [0.717, 1.165) is 5.69 Å². The first kappa shape index (κ1) is 11.1. The minimum atomic E-state index is -0.0537. The number of methoxy groups -OCH3 is 1. The van der Waals surface area contributed by atoms with Crippen LogP contribution in [0.1, 0.15) is 5.69 Å². The molecule has 1 unspecified atom stereocenters. The second kappa shape index (κ2) is 5.69. The monoisotopic (exact) mass is 200 g/mol. The Hall–Kier alpha value is -0.980. The van der Waals surface area contributed by atoms with Crippen molar-refractivity contribution in [1.82, 2.24) is 20.3 Å². The van der Waals surface area contributed by atoms with E-state index in [2.05, 4.69) is 15.6 Å². The van der Waals surface area contributed by atoms with Gasteiger partial charge in [-0.15, -0.1) is 5.10 Å². The van der Waals surface area contributed by atoms with Gasteiger partial charge >= 0.3 is 0 Å². The van der Waals surface area contributed by atoms with Crippen LogP contribution in [0.5, 0.6) is 0 Å². The van der Waals surface area contributed by atoms with Gasteiger partial charge in [0.05, 0.1) is 24.9 Å². The summed E-state index contributed by atoms with van der Waals surface area (Å²) in [6, 6.07) is -0.0537. The van der Waals surface area contributed by atoms with Crippen molar-refractivity contribution in [3.63, 3.8) is 0 Å². The van der Waals surface area contributed by atoms with Gasteiger partial charge in [-0.1, -0.05) is 5.21 Å². The lowest BCUT2D eigenvalue weighted by atomic mass is 10.3. The molecule has 0 aromatic carbocycles. The van der Waals surface area contributed by atoms with Crippen LogP contribution < -0.4 is 5.32 Å². The van der Waals surface area contributed by atoms with Gasteiger partial charge in [-0.3, -0.25) is 4.68 Å². The minimum Gasteiger partial charge on any atom is -0.395 e. The molecule has 0 saturated carbocycles. The summed E-state index contributed by atoms with van der Waals surface area (Å²) < 4.78 is 6.56. The third-order valence-electron chi connectivity index (χ3n) is 1.81. The summed E-state index contributed by atoms with van der Waals surface area (Å²) >= 11 is 0. The number of rotatable bonds is 6. The van der Waals surface area contributed by atoms with Crippen LogP contribution in [-0.4, -0.2) is 46.5 Å². The first-order chi connectivity index (χ1) is 6.76. The molecule has 1 aromatic heterocycles. The number of aliphatic hydroxyl groups excluding tert-OH is 1. The van der Waals surface area contributed by atoms with Crippen molar-refractivity contribution >= 4 is 0 Å². The van der Waals surface area contributed by atoms with Gasteiger partial charge in [-0.05, 0) is 0 Å². The number of hydrogen-bond acceptors (Lipinski definition) is 5. The van der Waals surface area contributed by atoms with Crippen molar-refractivity contribution in [1.29, 1.82) is 0 Å². The van der Waals surface area contributed by atoms with E-state index in [1.165, 1.54) is 0 Å². The third kappa shape index (κ3) is 3.41. The molecule has 1 heterocycles. The van der Waals surface area contributed by atoms with Crippen molar-refractivity contribution < 1.29 is 9.84 Å². The lowest BCUT2D eigenvalue weighted by Gasteiger charge is -2.13. The summed E-state index contributed by atoms with van der Waals surface area (Å²) in [4.78, 5) is 0. The van der Waals surface area contributed by atoms with Crippen LogP contribution in [0.4, 0.5) is 0 Å². The Bertz CT molecular complexity index is 264. The van der Waals surface area contributed by atoms with Crippen LogP contribution in [0.15, 0.2) is 6.20 Å². The summed E-state index contributed by atoms with van der Waals surface area (Å²) in [5.74, 6) is 0. The van der Waals surface area contributed by atoms with Gasteiger partial charge in [-0.2, -0.15) is 0 Å². The van der Waals surface area contributed by atoms with Crippen LogP contribution in [-0.2, 0) is 18.3 Å². The normalized spacial score (nSPS) is 13.1. The third-order valence-corrected chi connectivity index (χ3v) is 1.81. The molecule has 0 saturated heterocycles. The zero-order valence-electron chi connectivity index (χ0n) is 8.47. The minimum absolute atomic E-state index is 0.0497. The van der Waals surface area contributed by atoms with Crippen molar-refractivity contribution in [3.8, 4) is 0 Å². The molecule has 0 bridgehead atoms. The molecule has 80 valence electrons. The van der Waals surface area contributed by atoms with E-state index in [1.54, 1.807) is 11.8 Å². The molecule has 1 atom stereocenters. The number of aromatic nitrogens is 3. The highest BCUT2D eigenvalue weighted by molar-refractivity contribution is 4.91. The standard InChI is InChI=1S/C8H16N4O2/c1-12-4-7(10-11-12)3-9-8(5-13)6-14-2/h4,8-9,13H,3,5-6H2,1-2H3. The van der Waals surface area contributed by atoms with Gasteiger partial charge < -0.3 is 15.2 Å². The lowest BCUT2D eigenvalue weighted by molar-refractivity contribution is 0.128. The number of aliphatic hydroxyl groups is 1. The van der Waals surface area contributed by atoms with Crippen LogP contribution in [0.2, 0.25) is 0 Å². The highest BCUT2D eigenvalue weighted by Gasteiger charge is 2.06. The first-order valence-corrected chi connectivity index (χ1v) is 4.44. The zero-order chi connectivity index (χ0) is 10.4. The summed E-state index contributed by atoms with van der Waals surface area (Å²) in [5.41, 5.74) is 0.849. The van der Waals surface area contributed by atoms with Crippen molar-refractivity contribution in [3.05, 3.63) is 11.9 Å². The predicted molar refractivity (Wildman–Crippen MR) is 50.6 cm³/mol. The van der Waals surface area contributed by atoms with Crippen molar-refractivity contribution in [2.45, 2.75) is 12.6 Å². The van der Waals surface area contributed by atoms with Crippen LogP contribution in [0.3, 0.4) is 0 Å². The smallest absolute Gasteiger partial charge is 0.0964 e. The molecular weight excluding hydrogens is 184 g/mol. The van der Waals surface area contributed by atoms with Gasteiger partial charge in [0.1, 0.15) is 0 Å². The average Bonchev–Trinajstić information content (AvgIpc) is 2.59. The Balaban J connectivity index is 2.31. The van der Waals surface area contributed by atoms with Crippen molar-refractivity contribution in [2.24, 2.45) is 7.05 Å². The van der Waals surface area contributed by atoms with E-state index < -0.39 is 0 Å². The molecule has 2 N–H and O–H groups in total. The van der Waals surface area contributed by atoms with E-state index >= 15 is 0 Å². The highest BCUT2D eigenvalue weighted by Crippen LogP contribution is 1.92. The molecule has 14 heavy (non-hydrogen) atoms. The topological polar surface area (TPSA) is 72.2 Å². The molecule has 0 amide bonds. The van der Waals surface area contributed by atoms with E-state index in [1.807, 2.05) is 13.2 Å². The van der Waals surface area contributed by atoms with Crippen molar-refractivity contribution in [2.75, 3.05) is 20.3 Å². The SMILES string of the molecule is COCC(CO)NCc1cn(C)nn1. The molecule has 1 rings (SSSR count). The number of aryl methyl sites for hydroxylation is 1. The molecule has 0 aliphatic carbocycles. The number of ether oxygens (including phenoxy) is 1. The Labute approximate surface area is 82.9 Å². The molecule has 0 radical (unpaired) electrons. The van der Waals surface area contributed by atoms with E-state index in [9.17, 15) is 0 Å². The molecule has 6 nitrogen and oxygen atoms in total. The van der Waals surface area contributed by atoms with Crippen LogP contribution >= 0.6 is 0 Å². The number of hydrogen-bond donors (Lipinski definition) is 2. The molecule has 0 fully saturated rings. The quantitative estimate of drug-likeness (QED) is 0.610. The zero-order valence-corrected chi connectivity index (χ0v) is 8.47. The van der Waals surface area contributed by atoms with Gasteiger partial charge in [0.2, 0.25) is 0 Å².